The molecular formula is C14H24Cl3NO3Si. The molecule has 0 saturated carbocycles. The van der Waals surface area contributed by atoms with Gasteiger partial charge in [-0.1, -0.05) is 40.9 Å². The van der Waals surface area contributed by atoms with Gasteiger partial charge in [0.05, 0.1) is 6.10 Å². The summed E-state index contributed by atoms with van der Waals surface area (Å²) in [5, 5.41) is 7.74. The maximum atomic E-state index is 7.74. The van der Waals surface area contributed by atoms with E-state index in [0.717, 1.165) is 6.42 Å². The van der Waals surface area contributed by atoms with Crippen LogP contribution in [-0.2, 0) is 13.9 Å². The fourth-order valence-corrected chi connectivity index (χ4v) is 2.95. The molecule has 0 heterocycles. The Morgan fingerprint density at radius 3 is 2.41 bits per heavy atom. The molecule has 0 aromatic carbocycles. The van der Waals surface area contributed by atoms with Crippen molar-refractivity contribution < 1.29 is 13.9 Å². The molecule has 0 amide bonds. The van der Waals surface area contributed by atoms with E-state index < -0.39 is 12.1 Å². The van der Waals surface area contributed by atoms with E-state index in [1.807, 2.05) is 19.1 Å². The molecule has 0 spiro atoms. The fourth-order valence-electron chi connectivity index (χ4n) is 2.10. The van der Waals surface area contributed by atoms with E-state index in [4.69, 9.17) is 54.1 Å². The third-order valence-corrected chi connectivity index (χ3v) is 4.69. The number of halogens is 3. The number of nitrogens with one attached hydrogen (secondary N) is 1. The second-order valence-electron chi connectivity index (χ2n) is 6.21. The zero-order chi connectivity index (χ0) is 17.0. The van der Waals surface area contributed by atoms with Crippen LogP contribution in [0.15, 0.2) is 12.2 Å². The molecule has 8 heteroatoms. The van der Waals surface area contributed by atoms with Gasteiger partial charge in [-0.2, -0.15) is 0 Å². The molecule has 4 nitrogen and oxygen atoms in total. The summed E-state index contributed by atoms with van der Waals surface area (Å²) in [5.74, 6) is -0.319. The van der Waals surface area contributed by atoms with Gasteiger partial charge in [0.1, 0.15) is 6.10 Å². The van der Waals surface area contributed by atoms with E-state index in [1.165, 1.54) is 0 Å². The van der Waals surface area contributed by atoms with E-state index in [0.29, 0.717) is 13.2 Å². The molecule has 1 aliphatic rings. The van der Waals surface area contributed by atoms with Gasteiger partial charge < -0.3 is 13.9 Å². The molecular weight excluding hydrogens is 365 g/mol. The van der Waals surface area contributed by atoms with Crippen LogP contribution in [0.2, 0.25) is 19.6 Å². The Bertz CT molecular complexity index is 407. The SMILES string of the molecule is CCO[C@@H]1C=C[C@H](OC(=N)C(Cl)(Cl)Cl)[C@@H](CO[Si](C)(C)C)C1. The van der Waals surface area contributed by atoms with Gasteiger partial charge >= 0.3 is 0 Å². The van der Waals surface area contributed by atoms with Crippen LogP contribution in [-0.4, -0.2) is 43.4 Å². The summed E-state index contributed by atoms with van der Waals surface area (Å²) < 4.78 is 15.3. The minimum absolute atomic E-state index is 0.0297. The van der Waals surface area contributed by atoms with Crippen LogP contribution in [0.4, 0.5) is 0 Å². The Hall–Kier alpha value is 0.217. The van der Waals surface area contributed by atoms with Gasteiger partial charge in [-0.05, 0) is 39.1 Å². The summed E-state index contributed by atoms with van der Waals surface area (Å²) in [4.78, 5) is 0. The quantitative estimate of drug-likeness (QED) is 0.239. The van der Waals surface area contributed by atoms with Crippen LogP contribution >= 0.6 is 34.8 Å². The summed E-state index contributed by atoms with van der Waals surface area (Å²) in [7, 11) is -1.64. The van der Waals surface area contributed by atoms with Crippen molar-refractivity contribution in [1.82, 2.24) is 0 Å². The van der Waals surface area contributed by atoms with Gasteiger partial charge in [0.25, 0.3) is 3.79 Å². The highest BCUT2D eigenvalue weighted by Gasteiger charge is 2.35. The lowest BCUT2D eigenvalue weighted by molar-refractivity contribution is 0.0276. The van der Waals surface area contributed by atoms with Crippen molar-refractivity contribution in [3.8, 4) is 0 Å². The third kappa shape index (κ3) is 7.19. The number of alkyl halides is 3. The maximum Gasteiger partial charge on any atom is 0.265 e. The molecule has 0 unspecified atom stereocenters. The van der Waals surface area contributed by atoms with Gasteiger partial charge in [0.15, 0.2) is 8.32 Å². The van der Waals surface area contributed by atoms with Crippen molar-refractivity contribution in [1.29, 1.82) is 5.41 Å². The Labute approximate surface area is 148 Å². The van der Waals surface area contributed by atoms with Gasteiger partial charge in [-0.3, -0.25) is 5.41 Å². The van der Waals surface area contributed by atoms with Gasteiger partial charge in [-0.25, -0.2) is 0 Å². The summed E-state index contributed by atoms with van der Waals surface area (Å²) in [6.07, 6.45) is 4.24. The van der Waals surface area contributed by atoms with Crippen LogP contribution < -0.4 is 0 Å². The summed E-state index contributed by atoms with van der Waals surface area (Å²) >= 11 is 17.1. The first-order valence-corrected chi connectivity index (χ1v) is 11.8. The van der Waals surface area contributed by atoms with E-state index >= 15 is 0 Å². The largest absolute Gasteiger partial charge is 0.470 e. The first kappa shape index (κ1) is 20.3. The highest BCUT2D eigenvalue weighted by molar-refractivity contribution is 6.76. The third-order valence-electron chi connectivity index (χ3n) is 3.14. The smallest absolute Gasteiger partial charge is 0.265 e. The number of hydrogen-bond donors (Lipinski definition) is 1. The second-order valence-corrected chi connectivity index (χ2v) is 13.0. The van der Waals surface area contributed by atoms with Gasteiger partial charge in [0, 0.05) is 19.1 Å². The molecule has 1 rings (SSSR count). The van der Waals surface area contributed by atoms with E-state index in [-0.39, 0.29) is 24.0 Å². The monoisotopic (exact) mass is 387 g/mol. The first-order chi connectivity index (χ1) is 10.0. The molecule has 22 heavy (non-hydrogen) atoms. The van der Waals surface area contributed by atoms with Crippen molar-refractivity contribution in [3.05, 3.63) is 12.2 Å². The van der Waals surface area contributed by atoms with Crippen molar-refractivity contribution >= 4 is 49.0 Å². The predicted molar refractivity (Wildman–Crippen MR) is 94.8 cm³/mol. The van der Waals surface area contributed by atoms with Crippen LogP contribution in [0.3, 0.4) is 0 Å². The first-order valence-electron chi connectivity index (χ1n) is 7.29. The molecule has 1 N–H and O–H groups in total. The minimum atomic E-state index is -1.85. The van der Waals surface area contributed by atoms with Crippen LogP contribution in [0.5, 0.6) is 0 Å². The fraction of sp³-hybridized carbons (Fsp3) is 0.786. The Morgan fingerprint density at radius 2 is 1.91 bits per heavy atom. The van der Waals surface area contributed by atoms with Crippen LogP contribution in [0, 0.1) is 11.3 Å². The molecule has 0 bridgehead atoms. The topological polar surface area (TPSA) is 51.5 Å². The van der Waals surface area contributed by atoms with E-state index in [1.54, 1.807) is 0 Å². The summed E-state index contributed by atoms with van der Waals surface area (Å²) in [5.41, 5.74) is 0. The zero-order valence-corrected chi connectivity index (χ0v) is 16.6. The van der Waals surface area contributed by atoms with Crippen LogP contribution in [0.25, 0.3) is 0 Å². The van der Waals surface area contributed by atoms with Crippen molar-refractivity contribution in [2.75, 3.05) is 13.2 Å². The molecule has 3 atom stereocenters. The van der Waals surface area contributed by atoms with E-state index in [2.05, 4.69) is 19.6 Å². The molecule has 0 aliphatic heterocycles. The molecule has 0 aromatic rings. The second kappa shape index (κ2) is 8.35. The normalized spacial score (nSPS) is 26.0. The average molecular weight is 389 g/mol. The molecule has 0 radical (unpaired) electrons. The summed E-state index contributed by atoms with van der Waals surface area (Å²) in [6, 6.07) is 0. The number of rotatable bonds is 6. The molecule has 0 fully saturated rings. The molecule has 0 saturated heterocycles. The highest BCUT2D eigenvalue weighted by atomic mass is 35.6. The lowest BCUT2D eigenvalue weighted by atomic mass is 9.90. The van der Waals surface area contributed by atoms with Crippen molar-refractivity contribution in [2.45, 2.75) is 49.0 Å². The molecule has 0 aromatic heterocycles. The number of hydrogen-bond acceptors (Lipinski definition) is 4. The minimum Gasteiger partial charge on any atom is -0.470 e. The Kier molecular flexibility index (Phi) is 7.69. The van der Waals surface area contributed by atoms with Gasteiger partial charge in [0.2, 0.25) is 5.90 Å². The predicted octanol–water partition coefficient (Wildman–Crippen LogP) is 4.55. The van der Waals surface area contributed by atoms with Crippen molar-refractivity contribution in [2.24, 2.45) is 5.92 Å². The Balaban J connectivity index is 2.76. The maximum absolute atomic E-state index is 7.74. The van der Waals surface area contributed by atoms with E-state index in [9.17, 15) is 0 Å². The lowest BCUT2D eigenvalue weighted by Gasteiger charge is -2.34. The summed E-state index contributed by atoms with van der Waals surface area (Å²) in [6.45, 7) is 9.54. The molecule has 1 aliphatic carbocycles. The average Bonchev–Trinajstić information content (AvgIpc) is 2.37. The zero-order valence-electron chi connectivity index (χ0n) is 13.4. The highest BCUT2D eigenvalue weighted by Crippen LogP contribution is 2.31. The van der Waals surface area contributed by atoms with Crippen molar-refractivity contribution in [3.63, 3.8) is 0 Å². The number of ether oxygens (including phenoxy) is 2. The Morgan fingerprint density at radius 1 is 1.27 bits per heavy atom. The molecule has 128 valence electrons. The lowest BCUT2D eigenvalue weighted by Crippen LogP contribution is -2.40. The standard InChI is InChI=1S/C14H24Cl3NO3Si/c1-5-19-11-6-7-12(21-13(18)14(15,16)17)10(8-11)9-20-22(2,3)4/h6-7,10-12,18H,5,8-9H2,1-4H3/t10-,11-,12+/m1/s1. The van der Waals surface area contributed by atoms with Gasteiger partial charge in [-0.15, -0.1) is 0 Å². The van der Waals surface area contributed by atoms with Crippen LogP contribution in [0.1, 0.15) is 13.3 Å².